The van der Waals surface area contributed by atoms with Crippen LogP contribution in [0.1, 0.15) is 53.4 Å². The Morgan fingerprint density at radius 3 is 2.23 bits per heavy atom. The maximum absolute atomic E-state index is 8.50. The summed E-state index contributed by atoms with van der Waals surface area (Å²) >= 11 is 1.77. The number of fused-ring (bicyclic) bond motifs is 3. The van der Waals surface area contributed by atoms with Gasteiger partial charge in [-0.15, -0.1) is 11.3 Å². The van der Waals surface area contributed by atoms with Crippen molar-refractivity contribution in [2.75, 3.05) is 0 Å². The molecule has 0 spiro atoms. The van der Waals surface area contributed by atoms with Gasteiger partial charge in [-0.25, -0.2) is 0 Å². The van der Waals surface area contributed by atoms with Crippen molar-refractivity contribution in [3.8, 4) is 22.4 Å². The van der Waals surface area contributed by atoms with Crippen molar-refractivity contribution in [1.29, 1.82) is 0 Å². The maximum Gasteiger partial charge on any atom is 0.0719 e. The average Bonchev–Trinajstić information content (AvgIpc) is 3.17. The van der Waals surface area contributed by atoms with Gasteiger partial charge < -0.3 is 0 Å². The van der Waals surface area contributed by atoms with Gasteiger partial charge in [0, 0.05) is 34.7 Å². The number of pyridine rings is 1. The number of hydrogen-bond acceptors (Lipinski definition) is 2. The van der Waals surface area contributed by atoms with Gasteiger partial charge >= 0.3 is 0 Å². The molecule has 1 nitrogen and oxygen atoms in total. The van der Waals surface area contributed by atoms with Crippen LogP contribution in [0.4, 0.5) is 0 Å². The topological polar surface area (TPSA) is 12.9 Å². The lowest BCUT2D eigenvalue weighted by Gasteiger charge is -2.11. The molecule has 0 aliphatic carbocycles. The fourth-order valence-electron chi connectivity index (χ4n) is 4.14. The van der Waals surface area contributed by atoms with Gasteiger partial charge in [-0.05, 0) is 52.2 Å². The van der Waals surface area contributed by atoms with E-state index in [0.29, 0.717) is 0 Å². The van der Waals surface area contributed by atoms with Crippen LogP contribution in [0.25, 0.3) is 42.6 Å². The van der Waals surface area contributed by atoms with E-state index in [1.165, 1.54) is 31.3 Å². The Morgan fingerprint density at radius 2 is 1.48 bits per heavy atom. The van der Waals surface area contributed by atoms with Gasteiger partial charge in [0.2, 0.25) is 0 Å². The lowest BCUT2D eigenvalue weighted by molar-refractivity contribution is 0.864. The third kappa shape index (κ3) is 3.55. The number of rotatable bonds is 4. The molecule has 2 heterocycles. The van der Waals surface area contributed by atoms with E-state index >= 15 is 0 Å². The van der Waals surface area contributed by atoms with Crippen molar-refractivity contribution in [3.05, 3.63) is 90.1 Å². The lowest BCUT2D eigenvalue weighted by Crippen LogP contribution is -1.91. The summed E-state index contributed by atoms with van der Waals surface area (Å²) < 4.78 is 19.3. The van der Waals surface area contributed by atoms with Crippen LogP contribution in [-0.4, -0.2) is 4.98 Å². The fraction of sp³-hybridized carbons (Fsp3) is 0.207. The van der Waals surface area contributed by atoms with Crippen LogP contribution in [0, 0.1) is 0 Å². The summed E-state index contributed by atoms with van der Waals surface area (Å²) in [6.45, 7) is 7.67. The van der Waals surface area contributed by atoms with E-state index in [2.05, 4.69) is 54.6 Å². The van der Waals surface area contributed by atoms with E-state index in [4.69, 9.17) is 7.73 Å². The Balaban J connectivity index is 1.84. The first-order chi connectivity index (χ1) is 15.6. The molecule has 0 aliphatic heterocycles. The highest BCUT2D eigenvalue weighted by Gasteiger charge is 2.17. The van der Waals surface area contributed by atoms with Crippen LogP contribution in [0.15, 0.2) is 79.0 Å². The zero-order valence-electron chi connectivity index (χ0n) is 20.4. The average molecular weight is 424 g/mol. The number of aromatic nitrogens is 1. The minimum absolute atomic E-state index is 0.648. The molecule has 0 unspecified atom stereocenters. The molecule has 3 aromatic carbocycles. The molecule has 0 radical (unpaired) electrons. The Morgan fingerprint density at radius 1 is 0.774 bits per heavy atom. The van der Waals surface area contributed by atoms with E-state index < -0.39 is 11.8 Å². The van der Waals surface area contributed by atoms with E-state index in [-0.39, 0.29) is 0 Å². The second-order valence-electron chi connectivity index (χ2n) is 8.47. The normalized spacial score (nSPS) is 13.4. The zero-order valence-corrected chi connectivity index (χ0v) is 19.2. The SMILES string of the molecule is [2H]C(C)(C)c1ccnc(-c2ccc(-c3ccccc3)c3c2sc2cc(C([2H])(C)C)ccc23)c1. The molecule has 0 bridgehead atoms. The minimum Gasteiger partial charge on any atom is -0.256 e. The Labute approximate surface area is 191 Å². The highest BCUT2D eigenvalue weighted by atomic mass is 32.1. The summed E-state index contributed by atoms with van der Waals surface area (Å²) in [6, 6.07) is 25.3. The third-order valence-corrected chi connectivity index (χ3v) is 7.08. The van der Waals surface area contributed by atoms with Gasteiger partial charge in [0.1, 0.15) is 0 Å². The Hall–Kier alpha value is -2.97. The van der Waals surface area contributed by atoms with Crippen molar-refractivity contribution in [2.24, 2.45) is 0 Å². The highest BCUT2D eigenvalue weighted by Crippen LogP contribution is 2.45. The van der Waals surface area contributed by atoms with Crippen molar-refractivity contribution in [2.45, 2.75) is 39.5 Å². The Bertz CT molecular complexity index is 1470. The van der Waals surface area contributed by atoms with E-state index in [1.807, 2.05) is 52.1 Å². The molecule has 31 heavy (non-hydrogen) atoms. The third-order valence-electron chi connectivity index (χ3n) is 5.90. The number of nitrogens with zero attached hydrogens (tertiary/aromatic N) is 1. The van der Waals surface area contributed by atoms with Crippen molar-refractivity contribution in [3.63, 3.8) is 0 Å². The first kappa shape index (κ1) is 17.7. The van der Waals surface area contributed by atoms with E-state index in [9.17, 15) is 0 Å². The summed E-state index contributed by atoms with van der Waals surface area (Å²) in [4.78, 5) is 4.70. The molecule has 5 rings (SSSR count). The number of hydrogen-bond donors (Lipinski definition) is 0. The molecule has 0 N–H and O–H groups in total. The zero-order chi connectivity index (χ0) is 23.4. The van der Waals surface area contributed by atoms with Gasteiger partial charge in [-0.1, -0.05) is 82.3 Å². The van der Waals surface area contributed by atoms with E-state index in [0.717, 1.165) is 22.4 Å². The minimum atomic E-state index is -0.685. The van der Waals surface area contributed by atoms with Gasteiger partial charge in [0.05, 0.1) is 5.69 Å². The van der Waals surface area contributed by atoms with Crippen molar-refractivity contribution in [1.82, 2.24) is 4.98 Å². The van der Waals surface area contributed by atoms with Crippen LogP contribution >= 0.6 is 11.3 Å². The van der Waals surface area contributed by atoms with Crippen molar-refractivity contribution < 1.29 is 2.74 Å². The molecule has 5 aromatic rings. The van der Waals surface area contributed by atoms with Crippen LogP contribution < -0.4 is 0 Å². The summed E-state index contributed by atoms with van der Waals surface area (Å²) in [5.41, 5.74) is 6.34. The summed E-state index contributed by atoms with van der Waals surface area (Å²) in [5.74, 6) is -1.33. The van der Waals surface area contributed by atoms with Gasteiger partial charge in [0.15, 0.2) is 0 Å². The molecule has 2 heteroatoms. The lowest BCUT2D eigenvalue weighted by atomic mass is 9.94. The van der Waals surface area contributed by atoms with Crippen LogP contribution in [0.5, 0.6) is 0 Å². The molecule has 154 valence electrons. The molecule has 0 saturated carbocycles. The second-order valence-corrected chi connectivity index (χ2v) is 9.53. The molecule has 0 saturated heterocycles. The maximum atomic E-state index is 8.50. The second kappa shape index (κ2) is 7.94. The quantitative estimate of drug-likeness (QED) is 0.281. The monoisotopic (exact) mass is 423 g/mol. The van der Waals surface area contributed by atoms with E-state index in [1.54, 1.807) is 11.3 Å². The molecular weight excluding hydrogens is 394 g/mol. The molecule has 0 fully saturated rings. The number of benzene rings is 3. The van der Waals surface area contributed by atoms with Crippen molar-refractivity contribution >= 4 is 31.5 Å². The van der Waals surface area contributed by atoms with Crippen LogP contribution in [0.3, 0.4) is 0 Å². The largest absolute Gasteiger partial charge is 0.256 e. The van der Waals surface area contributed by atoms with Crippen LogP contribution in [-0.2, 0) is 0 Å². The van der Waals surface area contributed by atoms with Gasteiger partial charge in [-0.3, -0.25) is 4.98 Å². The standard InChI is InChI=1S/C29H27NS/c1-18(2)21-10-11-25-27(17-21)31-29-24(26-16-22(19(3)4)14-15-30-26)13-12-23(28(25)29)20-8-6-5-7-9-20/h5-19H,1-4H3/i18D,19D. The molecule has 0 amide bonds. The predicted octanol–water partition coefficient (Wildman–Crippen LogP) is 9.03. The number of thiophene rings is 1. The summed E-state index contributed by atoms with van der Waals surface area (Å²) in [6.07, 6.45) is 1.81. The highest BCUT2D eigenvalue weighted by molar-refractivity contribution is 7.26. The smallest absolute Gasteiger partial charge is 0.0719 e. The summed E-state index contributed by atoms with van der Waals surface area (Å²) in [5, 5.41) is 2.44. The predicted molar refractivity (Wildman–Crippen MR) is 136 cm³/mol. The Kier molecular flexibility index (Phi) is 4.53. The summed E-state index contributed by atoms with van der Waals surface area (Å²) in [7, 11) is 0. The molecule has 0 aliphatic rings. The first-order valence-electron chi connectivity index (χ1n) is 11.6. The molecule has 0 atom stereocenters. The molecule has 2 aromatic heterocycles. The molecular formula is C29H27NS. The van der Waals surface area contributed by atoms with Gasteiger partial charge in [-0.2, -0.15) is 0 Å². The van der Waals surface area contributed by atoms with Gasteiger partial charge in [0.25, 0.3) is 0 Å². The fourth-order valence-corrected chi connectivity index (χ4v) is 5.43. The first-order valence-corrected chi connectivity index (χ1v) is 11.5. The van der Waals surface area contributed by atoms with Crippen LogP contribution in [0.2, 0.25) is 0 Å².